The molecule has 0 N–H and O–H groups in total. The van der Waals surface area contributed by atoms with Crippen LogP contribution >= 0.6 is 0 Å². The lowest BCUT2D eigenvalue weighted by Crippen LogP contribution is -2.15. The Morgan fingerprint density at radius 2 is 1.25 bits per heavy atom. The topological polar surface area (TPSA) is 12.9 Å². The lowest BCUT2D eigenvalue weighted by molar-refractivity contribution is 0.248. The minimum absolute atomic E-state index is 0.952. The number of hydrogen-bond acceptors (Lipinski definition) is 1. The Morgan fingerprint density at radius 1 is 0.625 bits per heavy atom. The predicted octanol–water partition coefficient (Wildman–Crippen LogP) is 9.58. The summed E-state index contributed by atoms with van der Waals surface area (Å²) in [5.41, 5.74) is 5.18. The Labute approximate surface area is 198 Å². The van der Waals surface area contributed by atoms with Gasteiger partial charge in [0, 0.05) is 11.8 Å². The van der Waals surface area contributed by atoms with Crippen LogP contribution in [0, 0.1) is 11.8 Å². The summed E-state index contributed by atoms with van der Waals surface area (Å²) in [6.45, 7) is 4.55. The Balaban J connectivity index is 1.33. The molecule has 3 rings (SSSR count). The zero-order valence-electron chi connectivity index (χ0n) is 21.0. The van der Waals surface area contributed by atoms with Gasteiger partial charge in [0.25, 0.3) is 0 Å². The van der Waals surface area contributed by atoms with Gasteiger partial charge in [-0.05, 0) is 54.7 Å². The third-order valence-corrected chi connectivity index (χ3v) is 7.67. The summed E-state index contributed by atoms with van der Waals surface area (Å²) >= 11 is 0. The van der Waals surface area contributed by atoms with E-state index in [1.165, 1.54) is 113 Å². The van der Waals surface area contributed by atoms with Crippen molar-refractivity contribution in [2.24, 2.45) is 11.8 Å². The minimum atomic E-state index is 0.952. The molecule has 1 aliphatic carbocycles. The number of rotatable bonds is 14. The van der Waals surface area contributed by atoms with Crippen LogP contribution in [0.15, 0.2) is 42.6 Å². The van der Waals surface area contributed by atoms with E-state index in [9.17, 15) is 0 Å². The Bertz CT molecular complexity index is 722. The van der Waals surface area contributed by atoms with Crippen LogP contribution in [0.5, 0.6) is 0 Å². The molecule has 0 bridgehead atoms. The van der Waals surface area contributed by atoms with Gasteiger partial charge in [0.2, 0.25) is 0 Å². The number of nitrogens with zero attached hydrogens (tertiary/aromatic N) is 1. The molecule has 1 fully saturated rings. The van der Waals surface area contributed by atoms with Crippen LogP contribution in [0.4, 0.5) is 0 Å². The van der Waals surface area contributed by atoms with Gasteiger partial charge in [-0.3, -0.25) is 4.98 Å². The van der Waals surface area contributed by atoms with Gasteiger partial charge < -0.3 is 0 Å². The first-order valence-electron chi connectivity index (χ1n) is 13.8. The van der Waals surface area contributed by atoms with Gasteiger partial charge in [-0.25, -0.2) is 0 Å². The van der Waals surface area contributed by atoms with Crippen molar-refractivity contribution < 1.29 is 0 Å². The quantitative estimate of drug-likeness (QED) is 0.270. The molecule has 176 valence electrons. The summed E-state index contributed by atoms with van der Waals surface area (Å²) in [6.07, 6.45) is 24.3. The molecule has 0 atom stereocenters. The van der Waals surface area contributed by atoms with Gasteiger partial charge in [0.05, 0.1) is 5.69 Å². The summed E-state index contributed by atoms with van der Waals surface area (Å²) < 4.78 is 0. The van der Waals surface area contributed by atoms with Crippen molar-refractivity contribution in [2.45, 2.75) is 117 Å². The Kier molecular flexibility index (Phi) is 11.3. The van der Waals surface area contributed by atoms with Crippen molar-refractivity contribution in [2.75, 3.05) is 0 Å². The lowest BCUT2D eigenvalue weighted by atomic mass is 9.77. The molecule has 0 aliphatic heterocycles. The van der Waals surface area contributed by atoms with Crippen molar-refractivity contribution in [1.82, 2.24) is 4.98 Å². The van der Waals surface area contributed by atoms with Crippen LogP contribution in [0.2, 0.25) is 0 Å². The molecule has 1 heteroatoms. The van der Waals surface area contributed by atoms with E-state index in [0.717, 1.165) is 24.0 Å². The number of aryl methyl sites for hydroxylation is 2. The normalized spacial score (nSPS) is 18.7. The fourth-order valence-corrected chi connectivity index (χ4v) is 5.36. The maximum atomic E-state index is 4.70. The van der Waals surface area contributed by atoms with E-state index >= 15 is 0 Å². The van der Waals surface area contributed by atoms with E-state index in [2.05, 4.69) is 56.4 Å². The van der Waals surface area contributed by atoms with E-state index in [4.69, 9.17) is 4.98 Å². The standard InChI is InChI=1S/C31H47N/c1-3-5-7-8-9-10-12-26-13-15-27(16-14-26)17-18-28-19-22-30(23-20-28)31-24-21-29(25-32-31)11-6-4-2/h19-27H,3-18H2,1-2H3/t26-,27-. The lowest BCUT2D eigenvalue weighted by Gasteiger charge is -2.28. The van der Waals surface area contributed by atoms with Crippen LogP contribution in [-0.4, -0.2) is 4.98 Å². The molecule has 1 aromatic carbocycles. The number of pyridine rings is 1. The highest BCUT2D eigenvalue weighted by molar-refractivity contribution is 5.59. The molecular formula is C31H47N. The minimum Gasteiger partial charge on any atom is -0.256 e. The van der Waals surface area contributed by atoms with Gasteiger partial charge >= 0.3 is 0 Å². The molecule has 0 unspecified atom stereocenters. The average molecular weight is 434 g/mol. The molecule has 1 aliphatic rings. The van der Waals surface area contributed by atoms with Gasteiger partial charge in [0.15, 0.2) is 0 Å². The fraction of sp³-hybridized carbons (Fsp3) is 0.645. The summed E-state index contributed by atoms with van der Waals surface area (Å²) in [7, 11) is 0. The molecule has 0 radical (unpaired) electrons. The summed E-state index contributed by atoms with van der Waals surface area (Å²) in [4.78, 5) is 4.70. The van der Waals surface area contributed by atoms with Crippen molar-refractivity contribution in [1.29, 1.82) is 0 Å². The van der Waals surface area contributed by atoms with Crippen molar-refractivity contribution in [3.63, 3.8) is 0 Å². The molecule has 2 aromatic rings. The van der Waals surface area contributed by atoms with Crippen molar-refractivity contribution in [3.05, 3.63) is 53.7 Å². The highest BCUT2D eigenvalue weighted by Gasteiger charge is 2.20. The van der Waals surface area contributed by atoms with Crippen LogP contribution in [0.3, 0.4) is 0 Å². The van der Waals surface area contributed by atoms with Crippen molar-refractivity contribution in [3.8, 4) is 11.3 Å². The number of aromatic nitrogens is 1. The average Bonchev–Trinajstić information content (AvgIpc) is 2.85. The van der Waals surface area contributed by atoms with E-state index in [1.54, 1.807) is 0 Å². The molecule has 1 heterocycles. The molecule has 0 amide bonds. The molecule has 0 spiro atoms. The highest BCUT2D eigenvalue weighted by Crippen LogP contribution is 2.34. The number of unbranched alkanes of at least 4 members (excludes halogenated alkanes) is 6. The second-order valence-corrected chi connectivity index (χ2v) is 10.3. The Morgan fingerprint density at radius 3 is 1.91 bits per heavy atom. The van der Waals surface area contributed by atoms with Crippen LogP contribution in [0.1, 0.15) is 115 Å². The molecular weight excluding hydrogens is 386 g/mol. The summed E-state index contributed by atoms with van der Waals surface area (Å²) in [5, 5.41) is 0. The molecule has 1 nitrogen and oxygen atoms in total. The van der Waals surface area contributed by atoms with E-state index in [0.29, 0.717) is 0 Å². The molecule has 0 saturated heterocycles. The second-order valence-electron chi connectivity index (χ2n) is 10.3. The van der Waals surface area contributed by atoms with Crippen LogP contribution in [-0.2, 0) is 12.8 Å². The van der Waals surface area contributed by atoms with E-state index < -0.39 is 0 Å². The van der Waals surface area contributed by atoms with Gasteiger partial charge in [-0.2, -0.15) is 0 Å². The Hall–Kier alpha value is -1.63. The first-order chi connectivity index (χ1) is 15.8. The summed E-state index contributed by atoms with van der Waals surface area (Å²) in [6, 6.07) is 13.6. The monoisotopic (exact) mass is 433 g/mol. The zero-order chi connectivity index (χ0) is 22.4. The third kappa shape index (κ3) is 8.72. The number of benzene rings is 1. The van der Waals surface area contributed by atoms with Gasteiger partial charge in [0.1, 0.15) is 0 Å². The SMILES string of the molecule is CCCCCCCC[C@H]1CC[C@H](CCc2ccc(-c3ccc(CCCC)cn3)cc2)CC1. The van der Waals surface area contributed by atoms with Gasteiger partial charge in [-0.15, -0.1) is 0 Å². The first kappa shape index (κ1) is 25.0. The first-order valence-corrected chi connectivity index (χ1v) is 13.8. The van der Waals surface area contributed by atoms with E-state index in [-0.39, 0.29) is 0 Å². The molecule has 32 heavy (non-hydrogen) atoms. The smallest absolute Gasteiger partial charge is 0.0702 e. The largest absolute Gasteiger partial charge is 0.256 e. The van der Waals surface area contributed by atoms with E-state index in [1.807, 2.05) is 0 Å². The number of hydrogen-bond donors (Lipinski definition) is 0. The van der Waals surface area contributed by atoms with Crippen LogP contribution in [0.25, 0.3) is 11.3 Å². The third-order valence-electron chi connectivity index (χ3n) is 7.67. The maximum Gasteiger partial charge on any atom is 0.0702 e. The van der Waals surface area contributed by atoms with Crippen molar-refractivity contribution >= 4 is 0 Å². The van der Waals surface area contributed by atoms with Gasteiger partial charge in [-0.1, -0.05) is 121 Å². The fourth-order valence-electron chi connectivity index (χ4n) is 5.36. The summed E-state index contributed by atoms with van der Waals surface area (Å²) in [5.74, 6) is 1.98. The van der Waals surface area contributed by atoms with Crippen LogP contribution < -0.4 is 0 Å². The molecule has 1 saturated carbocycles. The molecule has 1 aromatic heterocycles. The maximum absolute atomic E-state index is 4.70. The predicted molar refractivity (Wildman–Crippen MR) is 140 cm³/mol. The highest BCUT2D eigenvalue weighted by atomic mass is 14.7. The second kappa shape index (κ2) is 14.5. The zero-order valence-corrected chi connectivity index (χ0v) is 21.0.